The van der Waals surface area contributed by atoms with Crippen LogP contribution in [0.4, 0.5) is 18.9 Å². The molecule has 0 radical (unpaired) electrons. The molecule has 2 heterocycles. The van der Waals surface area contributed by atoms with E-state index in [1.807, 2.05) is 6.07 Å². The van der Waals surface area contributed by atoms with Crippen LogP contribution in [0.2, 0.25) is 0 Å². The summed E-state index contributed by atoms with van der Waals surface area (Å²) in [7, 11) is 0. The molecule has 1 atom stereocenters. The Hall–Kier alpha value is -3.47. The summed E-state index contributed by atoms with van der Waals surface area (Å²) in [6.07, 6.45) is -3.97. The molecule has 33 heavy (non-hydrogen) atoms. The quantitative estimate of drug-likeness (QED) is 0.566. The maximum atomic E-state index is 13.1. The molecule has 8 nitrogen and oxygen atoms in total. The Balaban J connectivity index is 1.26. The van der Waals surface area contributed by atoms with Crippen LogP contribution in [0.1, 0.15) is 27.9 Å². The van der Waals surface area contributed by atoms with Crippen LogP contribution in [-0.4, -0.2) is 49.2 Å². The molecule has 176 valence electrons. The van der Waals surface area contributed by atoms with E-state index >= 15 is 0 Å². The molecular formula is C22H23F3N4O4. The van der Waals surface area contributed by atoms with Crippen molar-refractivity contribution in [3.63, 3.8) is 0 Å². The summed E-state index contributed by atoms with van der Waals surface area (Å²) < 4.78 is 49.9. The highest BCUT2D eigenvalue weighted by atomic mass is 19.4. The van der Waals surface area contributed by atoms with E-state index in [4.69, 9.17) is 15.2 Å². The number of amides is 2. The molecule has 1 fully saturated rings. The van der Waals surface area contributed by atoms with E-state index in [1.54, 1.807) is 6.07 Å². The second kappa shape index (κ2) is 9.18. The molecule has 0 saturated carbocycles. The predicted octanol–water partition coefficient (Wildman–Crippen LogP) is 2.14. The standard InChI is InChI=1S/C22H23F3N4O4/c23-22(24,25)16-4-2-1-3-15(16)21(31)27-9-20(30)28-14-5-6-29(11-14)10-13-7-18-19(8-17(13)26)33-12-32-18/h1-4,7-8,14H,5-6,9-12,26H2,(H,27,31)(H,28,30)/t14-/m1/s1. The van der Waals surface area contributed by atoms with Gasteiger partial charge in [-0.2, -0.15) is 13.2 Å². The van der Waals surface area contributed by atoms with Crippen LogP contribution in [-0.2, 0) is 17.5 Å². The highest BCUT2D eigenvalue weighted by Crippen LogP contribution is 2.36. The van der Waals surface area contributed by atoms with Gasteiger partial charge in [-0.25, -0.2) is 0 Å². The number of hydrogen-bond donors (Lipinski definition) is 3. The summed E-state index contributed by atoms with van der Waals surface area (Å²) in [4.78, 5) is 26.6. The fraction of sp³-hybridized carbons (Fsp3) is 0.364. The Morgan fingerprint density at radius 1 is 1.15 bits per heavy atom. The van der Waals surface area contributed by atoms with Gasteiger partial charge in [-0.1, -0.05) is 12.1 Å². The lowest BCUT2D eigenvalue weighted by atomic mass is 10.1. The summed E-state index contributed by atoms with van der Waals surface area (Å²) in [5.41, 5.74) is 6.01. The van der Waals surface area contributed by atoms with E-state index < -0.39 is 35.7 Å². The minimum Gasteiger partial charge on any atom is -0.454 e. The zero-order valence-corrected chi connectivity index (χ0v) is 17.6. The van der Waals surface area contributed by atoms with Crippen molar-refractivity contribution in [2.75, 3.05) is 32.2 Å². The molecule has 4 N–H and O–H groups in total. The van der Waals surface area contributed by atoms with E-state index in [9.17, 15) is 22.8 Å². The van der Waals surface area contributed by atoms with Crippen molar-refractivity contribution in [1.82, 2.24) is 15.5 Å². The Morgan fingerprint density at radius 2 is 1.88 bits per heavy atom. The lowest BCUT2D eigenvalue weighted by molar-refractivity contribution is -0.137. The van der Waals surface area contributed by atoms with Crippen molar-refractivity contribution in [3.05, 3.63) is 53.1 Å². The second-order valence-corrected chi connectivity index (χ2v) is 7.92. The van der Waals surface area contributed by atoms with E-state index in [1.165, 1.54) is 12.1 Å². The number of carbonyl (C=O) groups excluding carboxylic acids is 2. The van der Waals surface area contributed by atoms with Gasteiger partial charge in [0.05, 0.1) is 17.7 Å². The average Bonchev–Trinajstić information content (AvgIpc) is 3.40. The summed E-state index contributed by atoms with van der Waals surface area (Å²) in [5.74, 6) is -0.166. The predicted molar refractivity (Wildman–Crippen MR) is 113 cm³/mol. The highest BCUT2D eigenvalue weighted by molar-refractivity contribution is 5.97. The topological polar surface area (TPSA) is 106 Å². The third-order valence-electron chi connectivity index (χ3n) is 5.55. The molecule has 0 spiro atoms. The van der Waals surface area contributed by atoms with Crippen LogP contribution in [0, 0.1) is 0 Å². The first-order valence-electron chi connectivity index (χ1n) is 10.3. The monoisotopic (exact) mass is 464 g/mol. The van der Waals surface area contributed by atoms with Gasteiger partial charge < -0.3 is 25.8 Å². The maximum Gasteiger partial charge on any atom is 0.417 e. The first-order chi connectivity index (χ1) is 15.7. The van der Waals surface area contributed by atoms with E-state index in [0.29, 0.717) is 36.7 Å². The smallest absolute Gasteiger partial charge is 0.417 e. The molecule has 2 aliphatic rings. The van der Waals surface area contributed by atoms with Gasteiger partial charge in [0.2, 0.25) is 12.7 Å². The number of hydrogen-bond acceptors (Lipinski definition) is 6. The molecule has 0 aromatic heterocycles. The Morgan fingerprint density at radius 3 is 2.64 bits per heavy atom. The van der Waals surface area contributed by atoms with Crippen molar-refractivity contribution in [1.29, 1.82) is 0 Å². The fourth-order valence-corrected chi connectivity index (χ4v) is 3.93. The molecule has 2 aromatic rings. The van der Waals surface area contributed by atoms with Crippen LogP contribution in [0.5, 0.6) is 11.5 Å². The van der Waals surface area contributed by atoms with E-state index in [0.717, 1.165) is 24.2 Å². The normalized spacial score (nSPS) is 17.7. The first kappa shape index (κ1) is 22.7. The number of nitrogens with one attached hydrogen (secondary N) is 2. The van der Waals surface area contributed by atoms with Gasteiger partial charge in [-0.15, -0.1) is 0 Å². The van der Waals surface area contributed by atoms with Gasteiger partial charge in [-0.05, 0) is 30.2 Å². The van der Waals surface area contributed by atoms with Crippen LogP contribution in [0.3, 0.4) is 0 Å². The van der Waals surface area contributed by atoms with Crippen molar-refractivity contribution in [2.24, 2.45) is 0 Å². The number of nitrogen functional groups attached to an aromatic ring is 1. The number of ether oxygens (including phenoxy) is 2. The molecule has 0 bridgehead atoms. The Labute approximate surface area is 187 Å². The van der Waals surface area contributed by atoms with Crippen LogP contribution < -0.4 is 25.8 Å². The van der Waals surface area contributed by atoms with Crippen molar-refractivity contribution in [3.8, 4) is 11.5 Å². The number of likely N-dealkylation sites (tertiary alicyclic amines) is 1. The minimum absolute atomic E-state index is 0.146. The number of halogens is 3. The molecule has 1 saturated heterocycles. The fourth-order valence-electron chi connectivity index (χ4n) is 3.93. The molecule has 4 rings (SSSR count). The highest BCUT2D eigenvalue weighted by Gasteiger charge is 2.35. The van der Waals surface area contributed by atoms with Crippen LogP contribution in [0.15, 0.2) is 36.4 Å². The largest absolute Gasteiger partial charge is 0.454 e. The number of alkyl halides is 3. The van der Waals surface area contributed by atoms with Gasteiger partial charge in [0.25, 0.3) is 5.91 Å². The van der Waals surface area contributed by atoms with Gasteiger partial charge in [0.15, 0.2) is 11.5 Å². The minimum atomic E-state index is -4.66. The number of fused-ring (bicyclic) bond motifs is 1. The average molecular weight is 464 g/mol. The maximum absolute atomic E-state index is 13.1. The summed E-state index contributed by atoms with van der Waals surface area (Å²) in [5, 5.41) is 5.07. The number of rotatable bonds is 6. The molecule has 0 aliphatic carbocycles. The Bertz CT molecular complexity index is 1060. The molecule has 2 aliphatic heterocycles. The van der Waals surface area contributed by atoms with Gasteiger partial charge >= 0.3 is 6.18 Å². The molecule has 2 aromatic carbocycles. The number of benzene rings is 2. The van der Waals surface area contributed by atoms with Crippen molar-refractivity contribution < 1.29 is 32.2 Å². The third-order valence-corrected chi connectivity index (χ3v) is 5.55. The van der Waals surface area contributed by atoms with Crippen molar-refractivity contribution >= 4 is 17.5 Å². The molecular weight excluding hydrogens is 441 g/mol. The lowest BCUT2D eigenvalue weighted by Crippen LogP contribution is -2.43. The zero-order chi connectivity index (χ0) is 23.6. The number of carbonyl (C=O) groups is 2. The summed E-state index contributed by atoms with van der Waals surface area (Å²) in [6.45, 7) is 1.61. The van der Waals surface area contributed by atoms with Gasteiger partial charge in [-0.3, -0.25) is 14.5 Å². The Kier molecular flexibility index (Phi) is 6.32. The van der Waals surface area contributed by atoms with Crippen LogP contribution in [0.25, 0.3) is 0 Å². The lowest BCUT2D eigenvalue weighted by Gasteiger charge is -2.18. The number of nitrogens with two attached hydrogens (primary N) is 1. The van der Waals surface area contributed by atoms with Gasteiger partial charge in [0, 0.05) is 37.4 Å². The van der Waals surface area contributed by atoms with E-state index in [-0.39, 0.29) is 12.8 Å². The van der Waals surface area contributed by atoms with Crippen LogP contribution >= 0.6 is 0 Å². The van der Waals surface area contributed by atoms with Gasteiger partial charge in [0.1, 0.15) is 0 Å². The SMILES string of the molecule is Nc1cc2c(cc1CN1CC[C@@H](NC(=O)CNC(=O)c3ccccc3C(F)(F)F)C1)OCO2. The second-order valence-electron chi connectivity index (χ2n) is 7.92. The summed E-state index contributed by atoms with van der Waals surface area (Å²) >= 11 is 0. The van der Waals surface area contributed by atoms with E-state index in [2.05, 4.69) is 15.5 Å². The van der Waals surface area contributed by atoms with Crippen molar-refractivity contribution in [2.45, 2.75) is 25.2 Å². The first-order valence-corrected chi connectivity index (χ1v) is 10.3. The molecule has 2 amide bonds. The third kappa shape index (κ3) is 5.30. The molecule has 11 heteroatoms. The molecule has 0 unspecified atom stereocenters. The zero-order valence-electron chi connectivity index (χ0n) is 17.6. The number of anilines is 1. The number of nitrogens with zero attached hydrogens (tertiary/aromatic N) is 1. The summed E-state index contributed by atoms with van der Waals surface area (Å²) in [6, 6.07) is 7.87.